The number of sulfonamides is 1. The molecule has 2 N–H and O–H groups in total. The third-order valence-electron chi connectivity index (χ3n) is 4.35. The van der Waals surface area contributed by atoms with Crippen LogP contribution in [0.15, 0.2) is 41.3 Å². The Bertz CT molecular complexity index is 1130. The largest absolute Gasteiger partial charge is 0.495 e. The van der Waals surface area contributed by atoms with Crippen molar-refractivity contribution in [1.82, 2.24) is 9.62 Å². The minimum atomic E-state index is -3.82. The summed E-state index contributed by atoms with van der Waals surface area (Å²) in [5.74, 6) is -0.516. The Morgan fingerprint density at radius 1 is 1.12 bits per heavy atom. The van der Waals surface area contributed by atoms with Gasteiger partial charge in [0.1, 0.15) is 5.75 Å². The van der Waals surface area contributed by atoms with Gasteiger partial charge in [-0.15, -0.1) is 0 Å². The number of halogens is 1. The van der Waals surface area contributed by atoms with Crippen molar-refractivity contribution >= 4 is 39.1 Å². The topological polar surface area (TPSA) is 105 Å². The van der Waals surface area contributed by atoms with Crippen LogP contribution in [0.4, 0.5) is 5.69 Å². The second-order valence-electron chi connectivity index (χ2n) is 8.39. The van der Waals surface area contributed by atoms with Gasteiger partial charge < -0.3 is 15.0 Å². The average molecular weight is 482 g/mol. The first kappa shape index (κ1) is 25.6. The Morgan fingerprint density at radius 2 is 1.78 bits per heavy atom. The second-order valence-corrected chi connectivity index (χ2v) is 10.5. The molecule has 32 heavy (non-hydrogen) atoms. The third kappa shape index (κ3) is 6.69. The number of anilines is 1. The van der Waals surface area contributed by atoms with Gasteiger partial charge >= 0.3 is 0 Å². The second kappa shape index (κ2) is 9.89. The monoisotopic (exact) mass is 481 g/mol. The van der Waals surface area contributed by atoms with Gasteiger partial charge in [0.25, 0.3) is 5.91 Å². The van der Waals surface area contributed by atoms with Crippen molar-refractivity contribution in [1.29, 1.82) is 0 Å². The van der Waals surface area contributed by atoms with Gasteiger partial charge in [0.2, 0.25) is 15.9 Å². The van der Waals surface area contributed by atoms with Crippen molar-refractivity contribution in [3.05, 3.63) is 52.5 Å². The molecule has 2 aromatic rings. The highest BCUT2D eigenvalue weighted by Gasteiger charge is 2.25. The third-order valence-corrected chi connectivity index (χ3v) is 6.34. The normalized spacial score (nSPS) is 11.7. The zero-order chi connectivity index (χ0) is 24.3. The van der Waals surface area contributed by atoms with Gasteiger partial charge in [-0.2, -0.15) is 0 Å². The number of likely N-dealkylation sites (N-methyl/N-ethyl adjacent to an activating group) is 1. The summed E-state index contributed by atoms with van der Waals surface area (Å²) in [7, 11) is -0.890. The fourth-order valence-corrected chi connectivity index (χ4v) is 4.54. The van der Waals surface area contributed by atoms with E-state index in [1.54, 1.807) is 52.0 Å². The van der Waals surface area contributed by atoms with Gasteiger partial charge in [-0.3, -0.25) is 9.59 Å². The highest BCUT2D eigenvalue weighted by molar-refractivity contribution is 7.89. The molecule has 0 bridgehead atoms. The molecule has 0 aromatic heterocycles. The standard InChI is InChI=1S/C22H28ClN3O5S/c1-14-7-9-16(32(29,30)25-22(2,3)4)12-17(14)21(28)26(5)13-20(27)24-18-11-15(23)8-10-19(18)31-6/h7-12,25H,13H2,1-6H3,(H,24,27). The molecular formula is C22H28ClN3O5S. The molecule has 2 amide bonds. The van der Waals surface area contributed by atoms with Crippen LogP contribution in [0.25, 0.3) is 0 Å². The maximum absolute atomic E-state index is 13.0. The van der Waals surface area contributed by atoms with Gasteiger partial charge in [0.15, 0.2) is 0 Å². The van der Waals surface area contributed by atoms with Crippen LogP contribution < -0.4 is 14.8 Å². The van der Waals surface area contributed by atoms with E-state index in [9.17, 15) is 18.0 Å². The number of methoxy groups -OCH3 is 1. The highest BCUT2D eigenvalue weighted by Crippen LogP contribution is 2.27. The van der Waals surface area contributed by atoms with Gasteiger partial charge in [-0.1, -0.05) is 17.7 Å². The molecule has 8 nitrogen and oxygen atoms in total. The van der Waals surface area contributed by atoms with E-state index >= 15 is 0 Å². The van der Waals surface area contributed by atoms with Gasteiger partial charge in [-0.25, -0.2) is 13.1 Å². The first-order valence-electron chi connectivity index (χ1n) is 9.77. The van der Waals surface area contributed by atoms with E-state index in [0.717, 1.165) is 0 Å². The molecule has 0 radical (unpaired) electrons. The highest BCUT2D eigenvalue weighted by atomic mass is 35.5. The van der Waals surface area contributed by atoms with Crippen molar-refractivity contribution in [3.8, 4) is 5.75 Å². The predicted octanol–water partition coefficient (Wildman–Crippen LogP) is 3.44. The summed E-state index contributed by atoms with van der Waals surface area (Å²) in [6, 6.07) is 9.12. The van der Waals surface area contributed by atoms with Crippen molar-refractivity contribution in [2.75, 3.05) is 26.0 Å². The predicted molar refractivity (Wildman–Crippen MR) is 125 cm³/mol. The lowest BCUT2D eigenvalue weighted by atomic mass is 10.1. The van der Waals surface area contributed by atoms with E-state index in [4.69, 9.17) is 16.3 Å². The zero-order valence-corrected chi connectivity index (χ0v) is 20.5. The lowest BCUT2D eigenvalue weighted by molar-refractivity contribution is -0.116. The molecule has 0 aliphatic carbocycles. The number of aryl methyl sites for hydroxylation is 1. The molecule has 0 saturated heterocycles. The fourth-order valence-electron chi connectivity index (χ4n) is 2.92. The molecule has 0 heterocycles. The fraction of sp³-hybridized carbons (Fsp3) is 0.364. The minimum Gasteiger partial charge on any atom is -0.495 e. The Hall–Kier alpha value is -2.62. The molecule has 0 spiro atoms. The number of benzene rings is 2. The summed E-state index contributed by atoms with van der Waals surface area (Å²) in [6.07, 6.45) is 0. The molecule has 0 atom stereocenters. The summed E-state index contributed by atoms with van der Waals surface area (Å²) >= 11 is 5.98. The maximum atomic E-state index is 13.0. The molecule has 0 fully saturated rings. The molecule has 2 aromatic carbocycles. The van der Waals surface area contributed by atoms with Crippen LogP contribution in [0.2, 0.25) is 5.02 Å². The first-order valence-corrected chi connectivity index (χ1v) is 11.6. The van der Waals surface area contributed by atoms with Crippen molar-refractivity contribution in [2.45, 2.75) is 38.1 Å². The van der Waals surface area contributed by atoms with Crippen LogP contribution in [0.1, 0.15) is 36.7 Å². The summed E-state index contributed by atoms with van der Waals surface area (Å²) in [5.41, 5.74) is 0.485. The zero-order valence-electron chi connectivity index (χ0n) is 18.9. The van der Waals surface area contributed by atoms with E-state index in [1.165, 1.54) is 31.2 Å². The minimum absolute atomic E-state index is 0.0251. The molecule has 0 unspecified atom stereocenters. The number of carbonyl (C=O) groups excluding carboxylic acids is 2. The SMILES string of the molecule is COc1ccc(Cl)cc1NC(=O)CN(C)C(=O)c1cc(S(=O)(=O)NC(C)(C)C)ccc1C. The average Bonchev–Trinajstić information content (AvgIpc) is 2.65. The summed E-state index contributed by atoms with van der Waals surface area (Å²) in [5, 5.41) is 3.09. The van der Waals surface area contributed by atoms with Gasteiger partial charge in [0.05, 0.1) is 24.2 Å². The van der Waals surface area contributed by atoms with Crippen molar-refractivity contribution in [2.24, 2.45) is 0 Å². The van der Waals surface area contributed by atoms with Crippen LogP contribution in [-0.4, -0.2) is 51.4 Å². The van der Waals surface area contributed by atoms with Crippen molar-refractivity contribution in [3.63, 3.8) is 0 Å². The number of carbonyl (C=O) groups is 2. The summed E-state index contributed by atoms with van der Waals surface area (Å²) < 4.78 is 33.1. The Morgan fingerprint density at radius 3 is 2.38 bits per heavy atom. The first-order chi connectivity index (χ1) is 14.7. The summed E-state index contributed by atoms with van der Waals surface area (Å²) in [4.78, 5) is 26.7. The Labute approximate surface area is 193 Å². The quantitative estimate of drug-likeness (QED) is 0.630. The molecule has 10 heteroatoms. The lowest BCUT2D eigenvalue weighted by Crippen LogP contribution is -2.40. The molecule has 0 saturated carbocycles. The number of nitrogens with one attached hydrogen (secondary N) is 2. The smallest absolute Gasteiger partial charge is 0.254 e. The van der Waals surface area contributed by atoms with Crippen molar-refractivity contribution < 1.29 is 22.7 Å². The van der Waals surface area contributed by atoms with E-state index in [0.29, 0.717) is 22.0 Å². The van der Waals surface area contributed by atoms with E-state index in [-0.39, 0.29) is 17.0 Å². The van der Waals surface area contributed by atoms with E-state index in [2.05, 4.69) is 10.0 Å². The van der Waals surface area contributed by atoms with Crippen LogP contribution in [0.5, 0.6) is 5.75 Å². The number of rotatable bonds is 7. The van der Waals surface area contributed by atoms with Crippen LogP contribution >= 0.6 is 11.6 Å². The molecule has 2 rings (SSSR count). The van der Waals surface area contributed by atoms with Gasteiger partial charge in [-0.05, 0) is 63.6 Å². The van der Waals surface area contributed by atoms with Crippen LogP contribution in [0.3, 0.4) is 0 Å². The van der Waals surface area contributed by atoms with Crippen LogP contribution in [-0.2, 0) is 14.8 Å². The summed E-state index contributed by atoms with van der Waals surface area (Å²) in [6.45, 7) is 6.63. The number of ether oxygens (including phenoxy) is 1. The van der Waals surface area contributed by atoms with Gasteiger partial charge in [0, 0.05) is 23.2 Å². The number of hydrogen-bond acceptors (Lipinski definition) is 5. The van der Waals surface area contributed by atoms with Crippen LogP contribution in [0, 0.1) is 6.92 Å². The molecular weight excluding hydrogens is 454 g/mol. The molecule has 174 valence electrons. The Kier molecular flexibility index (Phi) is 7.92. The maximum Gasteiger partial charge on any atom is 0.254 e. The van der Waals surface area contributed by atoms with E-state index < -0.39 is 27.4 Å². The Balaban J connectivity index is 2.20. The molecule has 0 aliphatic heterocycles. The van der Waals surface area contributed by atoms with E-state index in [1.807, 2.05) is 0 Å². The molecule has 0 aliphatic rings. The number of hydrogen-bond donors (Lipinski definition) is 2. The number of nitrogens with zero attached hydrogens (tertiary/aromatic N) is 1. The number of amides is 2. The lowest BCUT2D eigenvalue weighted by Gasteiger charge is -2.22.